The van der Waals surface area contributed by atoms with Gasteiger partial charge in [-0.3, -0.25) is 0 Å². The van der Waals surface area contributed by atoms with Crippen molar-refractivity contribution in [3.63, 3.8) is 0 Å². The second-order valence-electron chi connectivity index (χ2n) is 11.4. The molecular weight excluding hydrogens is 500 g/mol. The molecule has 0 radical (unpaired) electrons. The van der Waals surface area contributed by atoms with Crippen LogP contribution in [0.25, 0.3) is 6.08 Å². The van der Waals surface area contributed by atoms with Crippen molar-refractivity contribution in [3.8, 4) is 11.5 Å². The van der Waals surface area contributed by atoms with Gasteiger partial charge in [0, 0.05) is 13.2 Å². The Labute approximate surface area is 232 Å². The highest BCUT2D eigenvalue weighted by Gasteiger charge is 2.72. The lowest BCUT2D eigenvalue weighted by molar-refractivity contribution is -0.166. The number of esters is 1. The smallest absolute Gasteiger partial charge is 0.331 e. The van der Waals surface area contributed by atoms with Crippen LogP contribution in [0, 0.1) is 5.92 Å². The van der Waals surface area contributed by atoms with Crippen molar-refractivity contribution in [1.29, 1.82) is 0 Å². The second-order valence-corrected chi connectivity index (χ2v) is 11.4. The van der Waals surface area contributed by atoms with E-state index in [1.165, 1.54) is 11.6 Å². The molecule has 8 nitrogen and oxygen atoms in total. The van der Waals surface area contributed by atoms with Gasteiger partial charge in [0.2, 0.25) is 0 Å². The molecule has 1 aromatic rings. The summed E-state index contributed by atoms with van der Waals surface area (Å²) in [5, 5.41) is 0. The van der Waals surface area contributed by atoms with Crippen molar-refractivity contribution in [3.05, 3.63) is 41.5 Å². The van der Waals surface area contributed by atoms with Crippen LogP contribution in [-0.4, -0.2) is 75.6 Å². The average molecular weight is 545 g/mol. The Balaban J connectivity index is 1.38. The molecule has 0 aromatic heterocycles. The first-order chi connectivity index (χ1) is 18.6. The molecule has 6 atom stereocenters. The van der Waals surface area contributed by atoms with Gasteiger partial charge in [-0.05, 0) is 77.7 Å². The Morgan fingerprint density at radius 3 is 2.59 bits per heavy atom. The van der Waals surface area contributed by atoms with Gasteiger partial charge in [0.15, 0.2) is 11.5 Å². The number of allylic oxidation sites excluding steroid dienone is 1. The fourth-order valence-electron chi connectivity index (χ4n) is 5.77. The van der Waals surface area contributed by atoms with Crippen molar-refractivity contribution < 1.29 is 38.0 Å². The van der Waals surface area contributed by atoms with Gasteiger partial charge >= 0.3 is 5.97 Å². The minimum atomic E-state index is -0.415. The molecule has 39 heavy (non-hydrogen) atoms. The Hall–Kier alpha value is -2.39. The lowest BCUT2D eigenvalue weighted by Crippen LogP contribution is -2.55. The molecule has 4 rings (SSSR count). The monoisotopic (exact) mass is 544 g/mol. The summed E-state index contributed by atoms with van der Waals surface area (Å²) in [5.74, 6) is 0.778. The lowest BCUT2D eigenvalue weighted by atomic mass is 9.68. The van der Waals surface area contributed by atoms with Gasteiger partial charge in [0.25, 0.3) is 0 Å². The summed E-state index contributed by atoms with van der Waals surface area (Å²) >= 11 is 0. The first-order valence-electron chi connectivity index (χ1n) is 13.9. The molecule has 2 aliphatic heterocycles. The van der Waals surface area contributed by atoms with Crippen LogP contribution in [0.4, 0.5) is 0 Å². The van der Waals surface area contributed by atoms with Crippen molar-refractivity contribution in [2.45, 2.75) is 89.5 Å². The average Bonchev–Trinajstić information content (AvgIpc) is 3.82. The summed E-state index contributed by atoms with van der Waals surface area (Å²) in [6.07, 6.45) is 7.29. The number of methoxy groups -OCH3 is 2. The van der Waals surface area contributed by atoms with E-state index in [4.69, 9.17) is 33.2 Å². The standard InChI is InChI=1S/C31H44O8/c1-20(2)8-12-26-30(5,39-26)29-28(34-7)24(14-15-31(29)19-37-31)38-27(32)13-10-22-9-11-23(25(18-22)33-6)36-17-16-35-21(3)4/h8-11,13,18,21,24,26,28-29H,12,14-17,19H2,1-7H3/b13-10+/t24-,26?,28-,29?,30+,31?/m1/s1. The molecule has 2 heterocycles. The fourth-order valence-corrected chi connectivity index (χ4v) is 5.77. The number of carbonyl (C=O) groups excluding carboxylic acids is 1. The number of carbonyl (C=O) groups is 1. The van der Waals surface area contributed by atoms with Gasteiger partial charge in [-0.1, -0.05) is 17.7 Å². The summed E-state index contributed by atoms with van der Waals surface area (Å²) in [7, 11) is 3.26. The molecule has 1 aromatic carbocycles. The number of epoxide rings is 2. The zero-order chi connectivity index (χ0) is 28.2. The number of hydrogen-bond donors (Lipinski definition) is 0. The van der Waals surface area contributed by atoms with Crippen molar-refractivity contribution in [2.75, 3.05) is 34.0 Å². The summed E-state index contributed by atoms with van der Waals surface area (Å²) in [6.45, 7) is 11.9. The van der Waals surface area contributed by atoms with E-state index in [9.17, 15) is 4.79 Å². The molecular formula is C31H44O8. The summed E-state index contributed by atoms with van der Waals surface area (Å²) in [6, 6.07) is 5.51. The first kappa shape index (κ1) is 29.6. The Bertz CT molecular complexity index is 1050. The molecule has 0 N–H and O–H groups in total. The topological polar surface area (TPSA) is 88.3 Å². The van der Waals surface area contributed by atoms with Gasteiger partial charge in [0.05, 0.1) is 38.4 Å². The Morgan fingerprint density at radius 1 is 1.18 bits per heavy atom. The van der Waals surface area contributed by atoms with Gasteiger partial charge < -0.3 is 33.2 Å². The van der Waals surface area contributed by atoms with Crippen molar-refractivity contribution in [1.82, 2.24) is 0 Å². The normalized spacial score (nSPS) is 31.4. The predicted octanol–water partition coefficient (Wildman–Crippen LogP) is 5.13. The van der Waals surface area contributed by atoms with Crippen LogP contribution in [0.1, 0.15) is 59.4 Å². The quantitative estimate of drug-likeness (QED) is 0.111. The van der Waals surface area contributed by atoms with Gasteiger partial charge in [-0.15, -0.1) is 0 Å². The maximum absolute atomic E-state index is 12.9. The zero-order valence-corrected chi connectivity index (χ0v) is 24.4. The molecule has 1 aliphatic carbocycles. The SMILES string of the molecule is COc1cc(/C=C/C(=O)O[C@@H]2CCC3(CO3)C([C@@]3(C)OC3CC=C(C)C)[C@@H]2OC)ccc1OCCOC(C)C. The second kappa shape index (κ2) is 12.4. The number of rotatable bonds is 13. The Kier molecular flexibility index (Phi) is 9.42. The van der Waals surface area contributed by atoms with E-state index in [0.717, 1.165) is 18.4 Å². The Morgan fingerprint density at radius 2 is 1.95 bits per heavy atom. The van der Waals surface area contributed by atoms with Crippen LogP contribution in [0.3, 0.4) is 0 Å². The zero-order valence-electron chi connectivity index (χ0n) is 24.4. The molecule has 8 heteroatoms. The van der Waals surface area contributed by atoms with Crippen LogP contribution >= 0.6 is 0 Å². The minimum Gasteiger partial charge on any atom is -0.493 e. The minimum absolute atomic E-state index is 0.0103. The maximum Gasteiger partial charge on any atom is 0.331 e. The van der Waals surface area contributed by atoms with E-state index >= 15 is 0 Å². The predicted molar refractivity (Wildman–Crippen MR) is 148 cm³/mol. The third-order valence-corrected chi connectivity index (χ3v) is 7.90. The highest BCUT2D eigenvalue weighted by atomic mass is 16.6. The highest BCUT2D eigenvalue weighted by molar-refractivity contribution is 5.87. The molecule has 1 saturated carbocycles. The lowest BCUT2D eigenvalue weighted by Gasteiger charge is -2.42. The fraction of sp³-hybridized carbons (Fsp3) is 0.645. The highest BCUT2D eigenvalue weighted by Crippen LogP contribution is 2.59. The van der Waals surface area contributed by atoms with Gasteiger partial charge in [0.1, 0.15) is 30.0 Å². The number of benzene rings is 1. The van der Waals surface area contributed by atoms with Crippen molar-refractivity contribution in [2.24, 2.45) is 5.92 Å². The maximum atomic E-state index is 12.9. The summed E-state index contributed by atoms with van der Waals surface area (Å²) in [4.78, 5) is 12.9. The van der Waals surface area contributed by atoms with Crippen LogP contribution < -0.4 is 9.47 Å². The van der Waals surface area contributed by atoms with Gasteiger partial charge in [-0.25, -0.2) is 4.79 Å². The summed E-state index contributed by atoms with van der Waals surface area (Å²) < 4.78 is 40.9. The van der Waals surface area contributed by atoms with Crippen LogP contribution in [0.15, 0.2) is 35.9 Å². The third-order valence-electron chi connectivity index (χ3n) is 7.90. The van der Waals surface area contributed by atoms with E-state index in [-0.39, 0.29) is 41.5 Å². The molecule has 0 bridgehead atoms. The van der Waals surface area contributed by atoms with Crippen LogP contribution in [-0.2, 0) is 28.5 Å². The van der Waals surface area contributed by atoms with E-state index < -0.39 is 5.97 Å². The van der Waals surface area contributed by atoms with E-state index in [1.807, 2.05) is 32.0 Å². The molecule has 3 aliphatic rings. The van der Waals surface area contributed by atoms with E-state index in [0.29, 0.717) is 37.7 Å². The largest absolute Gasteiger partial charge is 0.493 e. The summed E-state index contributed by atoms with van der Waals surface area (Å²) in [5.41, 5.74) is 1.44. The van der Waals surface area contributed by atoms with E-state index in [2.05, 4.69) is 26.8 Å². The molecule has 0 amide bonds. The van der Waals surface area contributed by atoms with Crippen LogP contribution in [0.2, 0.25) is 0 Å². The van der Waals surface area contributed by atoms with Crippen LogP contribution in [0.5, 0.6) is 11.5 Å². The van der Waals surface area contributed by atoms with E-state index in [1.54, 1.807) is 20.3 Å². The molecule has 216 valence electrons. The molecule has 1 spiro atoms. The molecule has 3 unspecified atom stereocenters. The molecule has 3 fully saturated rings. The first-order valence-corrected chi connectivity index (χ1v) is 13.9. The number of hydrogen-bond acceptors (Lipinski definition) is 8. The third kappa shape index (κ3) is 7.04. The van der Waals surface area contributed by atoms with Crippen molar-refractivity contribution >= 4 is 12.0 Å². The van der Waals surface area contributed by atoms with Gasteiger partial charge in [-0.2, -0.15) is 0 Å². The number of ether oxygens (including phenoxy) is 7. The molecule has 2 saturated heterocycles.